The maximum Gasteiger partial charge on any atom is 0.260 e. The minimum atomic E-state index is -0.497. The molecule has 8 nitrogen and oxygen atoms in total. The van der Waals surface area contributed by atoms with Gasteiger partial charge < -0.3 is 20.3 Å². The van der Waals surface area contributed by atoms with Crippen LogP contribution in [0.4, 0.5) is 5.95 Å². The molecular weight excluding hydrogens is 322 g/mol. The molecule has 0 atom stereocenters. The van der Waals surface area contributed by atoms with Gasteiger partial charge >= 0.3 is 0 Å². The number of hydrogen-bond acceptors (Lipinski definition) is 6. The van der Waals surface area contributed by atoms with Crippen molar-refractivity contribution in [1.82, 2.24) is 14.9 Å². The van der Waals surface area contributed by atoms with E-state index in [1.54, 1.807) is 47.6 Å². The van der Waals surface area contributed by atoms with Gasteiger partial charge in [0, 0.05) is 44.1 Å². The molecule has 1 fully saturated rings. The Labute approximate surface area is 145 Å². The van der Waals surface area contributed by atoms with Gasteiger partial charge in [-0.25, -0.2) is 9.97 Å². The first-order valence-corrected chi connectivity index (χ1v) is 7.96. The predicted molar refractivity (Wildman–Crippen MR) is 91.3 cm³/mol. The lowest BCUT2D eigenvalue weighted by atomic mass is 10.2. The molecule has 0 bridgehead atoms. The summed E-state index contributed by atoms with van der Waals surface area (Å²) in [5.41, 5.74) is 5.58. The highest BCUT2D eigenvalue weighted by Crippen LogP contribution is 2.13. The van der Waals surface area contributed by atoms with E-state index < -0.39 is 5.91 Å². The second-order valence-corrected chi connectivity index (χ2v) is 5.59. The molecule has 0 unspecified atom stereocenters. The standard InChI is InChI=1S/C17H19N5O3/c18-16(24)13-2-4-14(5-3-13)25-12-15(23)21-8-10-22(11-9-21)17-19-6-1-7-20-17/h1-7H,8-12H2,(H2,18,24). The summed E-state index contributed by atoms with van der Waals surface area (Å²) in [6, 6.07) is 8.16. The Morgan fingerprint density at radius 2 is 1.68 bits per heavy atom. The summed E-state index contributed by atoms with van der Waals surface area (Å²) in [6.07, 6.45) is 3.41. The summed E-state index contributed by atoms with van der Waals surface area (Å²) in [4.78, 5) is 35.5. The van der Waals surface area contributed by atoms with E-state index in [4.69, 9.17) is 10.5 Å². The van der Waals surface area contributed by atoms with Crippen LogP contribution in [0.2, 0.25) is 0 Å². The van der Waals surface area contributed by atoms with E-state index in [1.165, 1.54) is 0 Å². The van der Waals surface area contributed by atoms with Crippen LogP contribution in [0, 0.1) is 0 Å². The largest absolute Gasteiger partial charge is 0.484 e. The average molecular weight is 341 g/mol. The van der Waals surface area contributed by atoms with Gasteiger partial charge in [-0.15, -0.1) is 0 Å². The highest BCUT2D eigenvalue weighted by atomic mass is 16.5. The fourth-order valence-corrected chi connectivity index (χ4v) is 2.56. The van der Waals surface area contributed by atoms with Crippen molar-refractivity contribution in [2.75, 3.05) is 37.7 Å². The van der Waals surface area contributed by atoms with E-state index in [0.717, 1.165) is 0 Å². The number of aromatic nitrogens is 2. The summed E-state index contributed by atoms with van der Waals surface area (Å²) in [5, 5.41) is 0. The predicted octanol–water partition coefficient (Wildman–Crippen LogP) is 0.303. The normalized spacial score (nSPS) is 14.2. The molecule has 0 spiro atoms. The number of carbonyl (C=O) groups is 2. The molecule has 1 aliphatic rings. The Bertz CT molecular complexity index is 728. The quantitative estimate of drug-likeness (QED) is 0.839. The van der Waals surface area contributed by atoms with Gasteiger partial charge in [0.1, 0.15) is 5.75 Å². The van der Waals surface area contributed by atoms with Gasteiger partial charge in [-0.1, -0.05) is 0 Å². The molecule has 0 radical (unpaired) electrons. The van der Waals surface area contributed by atoms with Crippen LogP contribution in [0.5, 0.6) is 5.75 Å². The zero-order valence-electron chi connectivity index (χ0n) is 13.7. The number of nitrogens with zero attached hydrogens (tertiary/aromatic N) is 4. The molecule has 8 heteroatoms. The second-order valence-electron chi connectivity index (χ2n) is 5.59. The van der Waals surface area contributed by atoms with Crippen LogP contribution >= 0.6 is 0 Å². The van der Waals surface area contributed by atoms with Gasteiger partial charge in [-0.2, -0.15) is 0 Å². The molecule has 2 heterocycles. The maximum absolute atomic E-state index is 12.3. The molecule has 1 aromatic heterocycles. The molecule has 2 amide bonds. The van der Waals surface area contributed by atoms with E-state index >= 15 is 0 Å². The number of anilines is 1. The van der Waals surface area contributed by atoms with Crippen LogP contribution in [0.15, 0.2) is 42.7 Å². The Morgan fingerprint density at radius 3 is 2.28 bits per heavy atom. The molecule has 1 aliphatic heterocycles. The highest BCUT2D eigenvalue weighted by molar-refractivity contribution is 5.92. The van der Waals surface area contributed by atoms with Crippen LogP contribution in [0.3, 0.4) is 0 Å². The van der Waals surface area contributed by atoms with E-state index in [2.05, 4.69) is 9.97 Å². The molecule has 0 aliphatic carbocycles. The van der Waals surface area contributed by atoms with Crippen molar-refractivity contribution in [1.29, 1.82) is 0 Å². The van der Waals surface area contributed by atoms with Crippen molar-refractivity contribution in [2.45, 2.75) is 0 Å². The van der Waals surface area contributed by atoms with Crippen LogP contribution < -0.4 is 15.4 Å². The maximum atomic E-state index is 12.3. The van der Waals surface area contributed by atoms with Crippen molar-refractivity contribution >= 4 is 17.8 Å². The van der Waals surface area contributed by atoms with Crippen molar-refractivity contribution in [3.8, 4) is 5.75 Å². The van der Waals surface area contributed by atoms with Crippen molar-refractivity contribution in [2.24, 2.45) is 5.73 Å². The molecule has 2 N–H and O–H groups in total. The average Bonchev–Trinajstić information content (AvgIpc) is 2.67. The molecular formula is C17H19N5O3. The minimum Gasteiger partial charge on any atom is -0.484 e. The number of rotatable bonds is 5. The number of hydrogen-bond donors (Lipinski definition) is 1. The van der Waals surface area contributed by atoms with Gasteiger partial charge in [0.05, 0.1) is 0 Å². The first kappa shape index (κ1) is 16.7. The smallest absolute Gasteiger partial charge is 0.260 e. The minimum absolute atomic E-state index is 0.0439. The highest BCUT2D eigenvalue weighted by Gasteiger charge is 2.22. The fraction of sp³-hybridized carbons (Fsp3) is 0.294. The SMILES string of the molecule is NC(=O)c1ccc(OCC(=O)N2CCN(c3ncccn3)CC2)cc1. The van der Waals surface area contributed by atoms with Gasteiger partial charge in [0.25, 0.3) is 5.91 Å². The number of ether oxygens (including phenoxy) is 1. The Morgan fingerprint density at radius 1 is 1.04 bits per heavy atom. The first-order valence-electron chi connectivity index (χ1n) is 7.96. The van der Waals surface area contributed by atoms with Crippen molar-refractivity contribution in [3.05, 3.63) is 48.3 Å². The van der Waals surface area contributed by atoms with Crippen molar-refractivity contribution in [3.63, 3.8) is 0 Å². The molecule has 3 rings (SSSR count). The van der Waals surface area contributed by atoms with Crippen molar-refractivity contribution < 1.29 is 14.3 Å². The van der Waals surface area contributed by atoms with Gasteiger partial charge in [0.15, 0.2) is 6.61 Å². The summed E-state index contributed by atoms with van der Waals surface area (Å²) < 4.78 is 5.49. The van der Waals surface area contributed by atoms with Gasteiger partial charge in [-0.05, 0) is 30.3 Å². The van der Waals surface area contributed by atoms with Crippen LogP contribution in [0.1, 0.15) is 10.4 Å². The summed E-state index contributed by atoms with van der Waals surface area (Å²) >= 11 is 0. The number of amides is 2. The number of carbonyl (C=O) groups excluding carboxylic acids is 2. The molecule has 130 valence electrons. The van der Waals surface area contributed by atoms with E-state index in [9.17, 15) is 9.59 Å². The lowest BCUT2D eigenvalue weighted by Gasteiger charge is -2.34. The summed E-state index contributed by atoms with van der Waals surface area (Å²) in [5.74, 6) is 0.630. The first-order chi connectivity index (χ1) is 12.1. The second kappa shape index (κ2) is 7.61. The zero-order valence-corrected chi connectivity index (χ0v) is 13.7. The fourth-order valence-electron chi connectivity index (χ4n) is 2.56. The summed E-state index contributed by atoms with van der Waals surface area (Å²) in [7, 11) is 0. The Balaban J connectivity index is 1.47. The number of nitrogens with two attached hydrogens (primary N) is 1. The van der Waals surface area contributed by atoms with Crippen LogP contribution in [-0.2, 0) is 4.79 Å². The van der Waals surface area contributed by atoms with Crippen LogP contribution in [-0.4, -0.2) is 59.5 Å². The Hall–Kier alpha value is -3.16. The molecule has 25 heavy (non-hydrogen) atoms. The number of piperazine rings is 1. The summed E-state index contributed by atoms with van der Waals surface area (Å²) in [6.45, 7) is 2.52. The molecule has 2 aromatic rings. The zero-order chi connectivity index (χ0) is 17.6. The van der Waals surface area contributed by atoms with E-state index in [1.807, 2.05) is 4.90 Å². The third-order valence-electron chi connectivity index (χ3n) is 3.97. The lowest BCUT2D eigenvalue weighted by molar-refractivity contribution is -0.133. The van der Waals surface area contributed by atoms with Crippen LogP contribution in [0.25, 0.3) is 0 Å². The van der Waals surface area contributed by atoms with E-state index in [-0.39, 0.29) is 12.5 Å². The Kier molecular flexibility index (Phi) is 5.08. The topological polar surface area (TPSA) is 102 Å². The third kappa shape index (κ3) is 4.23. The molecule has 1 saturated heterocycles. The number of benzene rings is 1. The van der Waals surface area contributed by atoms with Gasteiger partial charge in [-0.3, -0.25) is 9.59 Å². The van der Waals surface area contributed by atoms with Gasteiger partial charge in [0.2, 0.25) is 11.9 Å². The third-order valence-corrected chi connectivity index (χ3v) is 3.97. The number of primary amides is 1. The lowest BCUT2D eigenvalue weighted by Crippen LogP contribution is -2.50. The monoisotopic (exact) mass is 341 g/mol. The molecule has 0 saturated carbocycles. The van der Waals surface area contributed by atoms with E-state index in [0.29, 0.717) is 43.4 Å². The molecule has 1 aromatic carbocycles.